The van der Waals surface area contributed by atoms with Crippen molar-refractivity contribution < 1.29 is 9.53 Å². The Balaban J connectivity index is 1.59. The summed E-state index contributed by atoms with van der Waals surface area (Å²) in [4.78, 5) is 15.7. The second-order valence-electron chi connectivity index (χ2n) is 9.66. The number of para-hydroxylation sites is 1. The lowest BCUT2D eigenvalue weighted by molar-refractivity contribution is -0.122. The Morgan fingerprint density at radius 1 is 1.00 bits per heavy atom. The Morgan fingerprint density at radius 3 is 2.49 bits per heavy atom. The van der Waals surface area contributed by atoms with Crippen molar-refractivity contribution in [3.63, 3.8) is 0 Å². The first-order valence-corrected chi connectivity index (χ1v) is 15.4. The van der Waals surface area contributed by atoms with E-state index in [-0.39, 0.29) is 5.91 Å². The summed E-state index contributed by atoms with van der Waals surface area (Å²) in [7, 11) is 0. The van der Waals surface area contributed by atoms with Crippen LogP contribution in [0, 0.1) is 0 Å². The third-order valence-electron chi connectivity index (χ3n) is 6.62. The molecule has 1 aliphatic rings. The monoisotopic (exact) mass is 581 g/mol. The van der Waals surface area contributed by atoms with Gasteiger partial charge in [-0.1, -0.05) is 106 Å². The van der Waals surface area contributed by atoms with E-state index in [1.165, 1.54) is 37.4 Å². The van der Waals surface area contributed by atoms with Crippen molar-refractivity contribution in [2.75, 3.05) is 13.2 Å². The van der Waals surface area contributed by atoms with E-state index in [9.17, 15) is 4.79 Å². The van der Waals surface area contributed by atoms with Gasteiger partial charge in [-0.25, -0.2) is 4.68 Å². The summed E-state index contributed by atoms with van der Waals surface area (Å²) in [5.74, 6) is 0.628. The smallest absolute Gasteiger partial charge is 0.266 e. The lowest BCUT2D eigenvalue weighted by Crippen LogP contribution is -2.29. The Labute approximate surface area is 246 Å². The topological polar surface area (TPSA) is 47.4 Å². The first kappa shape index (κ1) is 29.4. The number of unbranched alkanes of at least 4 members (excludes halogenated alkanes) is 6. The minimum Gasteiger partial charge on any atom is -0.492 e. The number of hydrogen-bond acceptors (Lipinski definition) is 5. The molecule has 1 fully saturated rings. The van der Waals surface area contributed by atoms with Gasteiger partial charge in [0, 0.05) is 23.9 Å². The van der Waals surface area contributed by atoms with Gasteiger partial charge in [0.1, 0.15) is 15.8 Å². The molecule has 1 saturated heterocycles. The van der Waals surface area contributed by atoms with Crippen molar-refractivity contribution in [1.82, 2.24) is 14.7 Å². The number of benzene rings is 2. The molecule has 0 atom stereocenters. The third-order valence-corrected chi connectivity index (χ3v) is 8.29. The molecular weight excluding hydrogens is 546 g/mol. The molecule has 0 unspecified atom stereocenters. The van der Waals surface area contributed by atoms with E-state index in [1.807, 2.05) is 65.5 Å². The fraction of sp³-hybridized carbons (Fsp3) is 0.387. The van der Waals surface area contributed by atoms with Crippen LogP contribution >= 0.6 is 35.6 Å². The minimum absolute atomic E-state index is 0.0327. The quantitative estimate of drug-likeness (QED) is 0.108. The van der Waals surface area contributed by atoms with Crippen LogP contribution in [0.3, 0.4) is 0 Å². The number of aromatic nitrogens is 2. The molecular formula is C31H36ClN3O2S2. The molecule has 2 heterocycles. The van der Waals surface area contributed by atoms with E-state index in [4.69, 9.17) is 33.7 Å². The summed E-state index contributed by atoms with van der Waals surface area (Å²) in [6.45, 7) is 5.64. The number of rotatable bonds is 14. The number of thioether (sulfide) groups is 1. The zero-order chi connectivity index (χ0) is 27.6. The molecule has 5 nitrogen and oxygen atoms in total. The fourth-order valence-corrected chi connectivity index (χ4v) is 5.94. The molecule has 3 aromatic rings. The molecule has 1 aliphatic heterocycles. The van der Waals surface area contributed by atoms with Crippen LogP contribution < -0.4 is 4.74 Å². The number of carbonyl (C=O) groups is 1. The highest BCUT2D eigenvalue weighted by Crippen LogP contribution is 2.36. The van der Waals surface area contributed by atoms with Gasteiger partial charge in [0.25, 0.3) is 5.91 Å². The van der Waals surface area contributed by atoms with Gasteiger partial charge in [-0.2, -0.15) is 5.10 Å². The van der Waals surface area contributed by atoms with Gasteiger partial charge in [0.2, 0.25) is 0 Å². The molecule has 2 aromatic carbocycles. The van der Waals surface area contributed by atoms with E-state index in [0.717, 1.165) is 48.2 Å². The average molecular weight is 582 g/mol. The molecule has 4 rings (SSSR count). The molecule has 0 N–H and O–H groups in total. The number of hydrogen-bond donors (Lipinski definition) is 0. The van der Waals surface area contributed by atoms with E-state index >= 15 is 0 Å². The highest BCUT2D eigenvalue weighted by atomic mass is 35.5. The molecule has 0 saturated carbocycles. The third kappa shape index (κ3) is 7.74. The van der Waals surface area contributed by atoms with Crippen LogP contribution in [0.1, 0.15) is 70.8 Å². The Kier molecular flexibility index (Phi) is 11.1. The van der Waals surface area contributed by atoms with Gasteiger partial charge < -0.3 is 4.74 Å². The first-order chi connectivity index (χ1) is 19.0. The summed E-state index contributed by atoms with van der Waals surface area (Å²) in [5.41, 5.74) is 3.35. The summed E-state index contributed by atoms with van der Waals surface area (Å²) >= 11 is 13.5. The number of nitrogens with zero attached hydrogens (tertiary/aromatic N) is 3. The van der Waals surface area contributed by atoms with Gasteiger partial charge in [-0.15, -0.1) is 0 Å². The van der Waals surface area contributed by atoms with Gasteiger partial charge in [0.15, 0.2) is 0 Å². The van der Waals surface area contributed by atoms with Crippen LogP contribution in [0.15, 0.2) is 59.6 Å². The Bertz CT molecular complexity index is 1310. The van der Waals surface area contributed by atoms with Crippen molar-refractivity contribution in [3.05, 3.63) is 70.2 Å². The standard InChI is InChI=1S/C31H36ClN3O2S2/c1-3-5-7-8-9-13-18-34-30(36)28(39-31(34)38)21-24-22-35(25-14-11-10-12-15-25)33-29(24)23-16-17-27(26(32)20-23)37-19-6-4-2/h10-12,14-17,20-22H,3-9,13,18-19H2,1-2H3. The maximum Gasteiger partial charge on any atom is 0.266 e. The zero-order valence-electron chi connectivity index (χ0n) is 22.7. The number of thiocarbonyl (C=S) groups is 1. The maximum atomic E-state index is 13.3. The summed E-state index contributed by atoms with van der Waals surface area (Å²) in [6, 6.07) is 15.6. The van der Waals surface area contributed by atoms with Gasteiger partial charge in [0.05, 0.1) is 22.2 Å². The van der Waals surface area contributed by atoms with E-state index in [0.29, 0.717) is 33.1 Å². The molecule has 1 amide bonds. The normalized spacial score (nSPS) is 14.5. The van der Waals surface area contributed by atoms with Crippen molar-refractivity contribution >= 4 is 51.9 Å². The number of ether oxygens (including phenoxy) is 1. The zero-order valence-corrected chi connectivity index (χ0v) is 25.1. The van der Waals surface area contributed by atoms with E-state index in [1.54, 1.807) is 4.90 Å². The maximum absolute atomic E-state index is 13.3. The minimum atomic E-state index is -0.0327. The Hall–Kier alpha value is -2.61. The SMILES string of the molecule is CCCCCCCCN1C(=O)C(=Cc2cn(-c3ccccc3)nc2-c2ccc(OCCCC)c(Cl)c2)SC1=S. The highest BCUT2D eigenvalue weighted by molar-refractivity contribution is 8.26. The summed E-state index contributed by atoms with van der Waals surface area (Å²) < 4.78 is 8.29. The highest BCUT2D eigenvalue weighted by Gasteiger charge is 2.32. The molecule has 1 aromatic heterocycles. The largest absolute Gasteiger partial charge is 0.492 e. The summed E-state index contributed by atoms with van der Waals surface area (Å²) in [6.07, 6.45) is 12.9. The molecule has 39 heavy (non-hydrogen) atoms. The van der Waals surface area contributed by atoms with Crippen molar-refractivity contribution in [2.45, 2.75) is 65.2 Å². The number of amides is 1. The van der Waals surface area contributed by atoms with Gasteiger partial charge >= 0.3 is 0 Å². The van der Waals surface area contributed by atoms with E-state index < -0.39 is 0 Å². The van der Waals surface area contributed by atoms with Crippen molar-refractivity contribution in [2.24, 2.45) is 0 Å². The lowest BCUT2D eigenvalue weighted by Gasteiger charge is -2.14. The second kappa shape index (κ2) is 14.7. The lowest BCUT2D eigenvalue weighted by atomic mass is 10.1. The van der Waals surface area contributed by atoms with Crippen LogP contribution in [0.25, 0.3) is 23.0 Å². The van der Waals surface area contributed by atoms with Crippen LogP contribution in [-0.2, 0) is 4.79 Å². The first-order valence-electron chi connectivity index (χ1n) is 13.8. The molecule has 0 spiro atoms. The van der Waals surface area contributed by atoms with Crippen LogP contribution in [0.5, 0.6) is 5.75 Å². The molecule has 8 heteroatoms. The number of carbonyl (C=O) groups excluding carboxylic acids is 1. The van der Waals surface area contributed by atoms with Gasteiger partial charge in [-0.3, -0.25) is 9.69 Å². The molecule has 0 radical (unpaired) electrons. The Morgan fingerprint density at radius 2 is 1.74 bits per heavy atom. The predicted molar refractivity (Wildman–Crippen MR) is 168 cm³/mol. The van der Waals surface area contributed by atoms with Gasteiger partial charge in [-0.05, 0) is 49.2 Å². The van der Waals surface area contributed by atoms with Crippen LogP contribution in [0.4, 0.5) is 0 Å². The van der Waals surface area contributed by atoms with E-state index in [2.05, 4.69) is 13.8 Å². The second-order valence-corrected chi connectivity index (χ2v) is 11.7. The molecule has 0 bridgehead atoms. The number of halogens is 1. The average Bonchev–Trinajstić information content (AvgIpc) is 3.48. The van der Waals surface area contributed by atoms with Crippen LogP contribution in [0.2, 0.25) is 5.02 Å². The fourth-order valence-electron chi connectivity index (χ4n) is 4.41. The molecule has 206 valence electrons. The molecule has 0 aliphatic carbocycles. The predicted octanol–water partition coefficient (Wildman–Crippen LogP) is 8.93. The summed E-state index contributed by atoms with van der Waals surface area (Å²) in [5, 5.41) is 5.43. The van der Waals surface area contributed by atoms with Crippen LogP contribution in [-0.4, -0.2) is 38.1 Å². The van der Waals surface area contributed by atoms with Crippen molar-refractivity contribution in [1.29, 1.82) is 0 Å². The van der Waals surface area contributed by atoms with Crippen molar-refractivity contribution in [3.8, 4) is 22.7 Å².